The van der Waals surface area contributed by atoms with Gasteiger partial charge in [0, 0.05) is 18.8 Å². The van der Waals surface area contributed by atoms with Crippen LogP contribution in [0, 0.1) is 0 Å². The summed E-state index contributed by atoms with van der Waals surface area (Å²) in [5.74, 6) is 0.140. The van der Waals surface area contributed by atoms with E-state index in [1.54, 1.807) is 12.1 Å². The summed E-state index contributed by atoms with van der Waals surface area (Å²) < 4.78 is 0. The number of carbonyl (C=O) groups is 1. The third-order valence-electron chi connectivity index (χ3n) is 4.15. The number of hydrogen-bond donors (Lipinski definition) is 1. The molecule has 2 rings (SSSR count). The fourth-order valence-corrected chi connectivity index (χ4v) is 2.79. The van der Waals surface area contributed by atoms with Gasteiger partial charge in [-0.25, -0.2) is 9.78 Å². The Kier molecular flexibility index (Phi) is 4.63. The van der Waals surface area contributed by atoms with Crippen molar-refractivity contribution in [1.82, 2.24) is 4.98 Å². The van der Waals surface area contributed by atoms with E-state index in [2.05, 4.69) is 9.88 Å². The molecule has 1 N–H and O–H groups in total. The molecule has 1 aliphatic rings. The number of aromatic carboxylic acids is 1. The summed E-state index contributed by atoms with van der Waals surface area (Å²) in [6, 6.07) is 3.87. The Morgan fingerprint density at radius 3 is 2.50 bits per heavy atom. The first-order chi connectivity index (χ1) is 9.49. The van der Waals surface area contributed by atoms with Gasteiger partial charge in [-0.1, -0.05) is 33.1 Å². The van der Waals surface area contributed by atoms with Crippen molar-refractivity contribution in [2.24, 2.45) is 0 Å². The molecule has 4 nitrogen and oxygen atoms in total. The molecule has 0 aliphatic heterocycles. The van der Waals surface area contributed by atoms with Crippen LogP contribution in [0.25, 0.3) is 0 Å². The first-order valence-electron chi connectivity index (χ1n) is 7.47. The quantitative estimate of drug-likeness (QED) is 0.911. The molecule has 1 aromatic heterocycles. The van der Waals surface area contributed by atoms with Crippen molar-refractivity contribution in [2.45, 2.75) is 57.9 Å². The van der Waals surface area contributed by atoms with Crippen LogP contribution in [0.2, 0.25) is 0 Å². The average molecular weight is 276 g/mol. The molecule has 0 unspecified atom stereocenters. The summed E-state index contributed by atoms with van der Waals surface area (Å²) in [6.45, 7) is 4.08. The van der Waals surface area contributed by atoms with Gasteiger partial charge in [0.2, 0.25) is 0 Å². The maximum atomic E-state index is 11.3. The molecule has 110 valence electrons. The standard InChI is InChI=1S/C16H24N2O2/c1-11(2)14-9-12(16(19)20)10-15(17-14)18(3)13-7-5-4-6-8-13/h9-11,13H,4-8H2,1-3H3,(H,19,20). The molecule has 1 aliphatic carbocycles. The molecule has 0 bridgehead atoms. The molecular formula is C16H24N2O2. The van der Waals surface area contributed by atoms with Crippen LogP contribution in [0.4, 0.5) is 5.82 Å². The summed E-state index contributed by atoms with van der Waals surface area (Å²) in [4.78, 5) is 18.1. The zero-order valence-corrected chi connectivity index (χ0v) is 12.6. The molecule has 1 fully saturated rings. The number of carboxylic acids is 1. The van der Waals surface area contributed by atoms with Gasteiger partial charge >= 0.3 is 5.97 Å². The Morgan fingerprint density at radius 2 is 1.95 bits per heavy atom. The lowest BCUT2D eigenvalue weighted by Gasteiger charge is -2.32. The van der Waals surface area contributed by atoms with Crippen LogP contribution in [0.1, 0.15) is 67.9 Å². The summed E-state index contributed by atoms with van der Waals surface area (Å²) in [5, 5.41) is 9.26. The largest absolute Gasteiger partial charge is 0.478 e. The van der Waals surface area contributed by atoms with Crippen molar-refractivity contribution in [1.29, 1.82) is 0 Å². The maximum absolute atomic E-state index is 11.3. The fourth-order valence-electron chi connectivity index (χ4n) is 2.79. The zero-order chi connectivity index (χ0) is 14.7. The lowest BCUT2D eigenvalue weighted by Crippen LogP contribution is -2.34. The summed E-state index contributed by atoms with van der Waals surface area (Å²) in [5.41, 5.74) is 1.18. The van der Waals surface area contributed by atoms with E-state index >= 15 is 0 Å². The highest BCUT2D eigenvalue weighted by Crippen LogP contribution is 2.27. The SMILES string of the molecule is CC(C)c1cc(C(=O)O)cc(N(C)C2CCCCC2)n1. The number of pyridine rings is 1. The fraction of sp³-hybridized carbons (Fsp3) is 0.625. The molecule has 0 saturated heterocycles. The van der Waals surface area contributed by atoms with Crippen LogP contribution < -0.4 is 4.90 Å². The first-order valence-corrected chi connectivity index (χ1v) is 7.47. The van der Waals surface area contributed by atoms with Crippen molar-refractivity contribution in [2.75, 3.05) is 11.9 Å². The third kappa shape index (κ3) is 3.30. The highest BCUT2D eigenvalue weighted by molar-refractivity contribution is 5.88. The monoisotopic (exact) mass is 276 g/mol. The Hall–Kier alpha value is -1.58. The Balaban J connectivity index is 2.31. The predicted molar refractivity (Wildman–Crippen MR) is 80.6 cm³/mol. The first kappa shape index (κ1) is 14.8. The number of carboxylic acid groups (broad SMARTS) is 1. The normalized spacial score (nSPS) is 16.4. The van der Waals surface area contributed by atoms with E-state index in [-0.39, 0.29) is 5.92 Å². The van der Waals surface area contributed by atoms with Crippen LogP contribution in [-0.4, -0.2) is 29.1 Å². The predicted octanol–water partition coefficient (Wildman–Crippen LogP) is 3.67. The molecule has 0 amide bonds. The van der Waals surface area contributed by atoms with Crippen LogP contribution in [-0.2, 0) is 0 Å². The van der Waals surface area contributed by atoms with Crippen molar-refractivity contribution in [3.05, 3.63) is 23.4 Å². The molecule has 1 saturated carbocycles. The lowest BCUT2D eigenvalue weighted by atomic mass is 9.94. The van der Waals surface area contributed by atoms with Gasteiger partial charge in [0.1, 0.15) is 5.82 Å². The van der Waals surface area contributed by atoms with E-state index in [9.17, 15) is 9.90 Å². The second-order valence-corrected chi connectivity index (χ2v) is 6.00. The van der Waals surface area contributed by atoms with E-state index in [1.807, 2.05) is 20.9 Å². The lowest BCUT2D eigenvalue weighted by molar-refractivity contribution is 0.0696. The minimum Gasteiger partial charge on any atom is -0.478 e. The van der Waals surface area contributed by atoms with Gasteiger partial charge in [-0.3, -0.25) is 0 Å². The van der Waals surface area contributed by atoms with Crippen molar-refractivity contribution < 1.29 is 9.90 Å². The average Bonchev–Trinajstić information content (AvgIpc) is 2.46. The molecule has 4 heteroatoms. The minimum absolute atomic E-state index is 0.229. The molecule has 0 aromatic carbocycles. The molecule has 1 heterocycles. The highest BCUT2D eigenvalue weighted by Gasteiger charge is 2.21. The van der Waals surface area contributed by atoms with E-state index in [1.165, 1.54) is 32.1 Å². The second kappa shape index (κ2) is 6.25. The summed E-state index contributed by atoms with van der Waals surface area (Å²) in [7, 11) is 2.04. The van der Waals surface area contributed by atoms with Crippen molar-refractivity contribution >= 4 is 11.8 Å². The number of nitrogens with zero attached hydrogens (tertiary/aromatic N) is 2. The van der Waals surface area contributed by atoms with Crippen LogP contribution in [0.3, 0.4) is 0 Å². The van der Waals surface area contributed by atoms with Gasteiger partial charge in [-0.15, -0.1) is 0 Å². The van der Waals surface area contributed by atoms with Gasteiger partial charge in [0.05, 0.1) is 5.56 Å². The smallest absolute Gasteiger partial charge is 0.335 e. The molecule has 0 spiro atoms. The van der Waals surface area contributed by atoms with Crippen molar-refractivity contribution in [3.8, 4) is 0 Å². The van der Waals surface area contributed by atoms with Gasteiger partial charge in [0.15, 0.2) is 0 Å². The van der Waals surface area contributed by atoms with Crippen molar-refractivity contribution in [3.63, 3.8) is 0 Å². The van der Waals surface area contributed by atoms with Gasteiger partial charge in [-0.2, -0.15) is 0 Å². The molecule has 0 radical (unpaired) electrons. The van der Waals surface area contributed by atoms with Crippen LogP contribution in [0.15, 0.2) is 12.1 Å². The molecule has 20 heavy (non-hydrogen) atoms. The highest BCUT2D eigenvalue weighted by atomic mass is 16.4. The number of hydrogen-bond acceptors (Lipinski definition) is 3. The van der Waals surface area contributed by atoms with Crippen LogP contribution in [0.5, 0.6) is 0 Å². The minimum atomic E-state index is -0.882. The Labute approximate surface area is 120 Å². The van der Waals surface area contributed by atoms with E-state index in [4.69, 9.17) is 0 Å². The van der Waals surface area contributed by atoms with Gasteiger partial charge in [-0.05, 0) is 30.9 Å². The van der Waals surface area contributed by atoms with E-state index < -0.39 is 5.97 Å². The molecule has 0 atom stereocenters. The van der Waals surface area contributed by atoms with Gasteiger partial charge in [0.25, 0.3) is 0 Å². The van der Waals surface area contributed by atoms with Gasteiger partial charge < -0.3 is 10.0 Å². The zero-order valence-electron chi connectivity index (χ0n) is 12.6. The second-order valence-electron chi connectivity index (χ2n) is 6.00. The van der Waals surface area contributed by atoms with Crippen LogP contribution >= 0.6 is 0 Å². The number of rotatable bonds is 4. The third-order valence-corrected chi connectivity index (χ3v) is 4.15. The summed E-state index contributed by atoms with van der Waals surface area (Å²) in [6.07, 6.45) is 6.17. The number of aromatic nitrogens is 1. The molecular weight excluding hydrogens is 252 g/mol. The van der Waals surface area contributed by atoms with E-state index in [0.29, 0.717) is 11.6 Å². The number of anilines is 1. The summed E-state index contributed by atoms with van der Waals surface area (Å²) >= 11 is 0. The topological polar surface area (TPSA) is 53.4 Å². The van der Waals surface area contributed by atoms with E-state index in [0.717, 1.165) is 11.5 Å². The Morgan fingerprint density at radius 1 is 1.30 bits per heavy atom. The Bertz CT molecular complexity index is 479. The molecule has 1 aromatic rings. The maximum Gasteiger partial charge on any atom is 0.335 e.